The zero-order chi connectivity index (χ0) is 17.9. The van der Waals surface area contributed by atoms with Gasteiger partial charge in [0, 0.05) is 37.7 Å². The van der Waals surface area contributed by atoms with E-state index >= 15 is 0 Å². The second-order valence-electron chi connectivity index (χ2n) is 5.79. The number of thiazole rings is 1. The summed E-state index contributed by atoms with van der Waals surface area (Å²) in [4.78, 5) is 29.6. The molecule has 7 nitrogen and oxygen atoms in total. The number of anilines is 1. The summed E-state index contributed by atoms with van der Waals surface area (Å²) < 4.78 is 5.38. The Morgan fingerprint density at radius 1 is 1.44 bits per heavy atom. The number of amides is 2. The summed E-state index contributed by atoms with van der Waals surface area (Å²) in [6, 6.07) is 7.17. The van der Waals surface area contributed by atoms with Crippen LogP contribution in [0.3, 0.4) is 0 Å². The number of methoxy groups -OCH3 is 1. The predicted molar refractivity (Wildman–Crippen MR) is 93.9 cm³/mol. The van der Waals surface area contributed by atoms with E-state index in [0.717, 1.165) is 17.7 Å². The summed E-state index contributed by atoms with van der Waals surface area (Å²) in [7, 11) is 1.37. The second-order valence-corrected chi connectivity index (χ2v) is 6.51. The molecule has 8 heteroatoms. The summed E-state index contributed by atoms with van der Waals surface area (Å²) in [6.45, 7) is 1.36. The van der Waals surface area contributed by atoms with Crippen LogP contribution in [-0.4, -0.2) is 42.3 Å². The molecular weight excluding hydrogens is 342 g/mol. The minimum atomic E-state index is -1.52. The number of rotatable bonds is 6. The van der Waals surface area contributed by atoms with Crippen molar-refractivity contribution in [1.82, 2.24) is 10.3 Å². The van der Waals surface area contributed by atoms with Crippen LogP contribution in [0.25, 0.3) is 0 Å². The zero-order valence-corrected chi connectivity index (χ0v) is 14.6. The van der Waals surface area contributed by atoms with E-state index < -0.39 is 11.6 Å². The molecule has 0 aliphatic carbocycles. The Morgan fingerprint density at radius 2 is 2.20 bits per heavy atom. The molecule has 2 amide bonds. The Balaban J connectivity index is 1.84. The smallest absolute Gasteiger partial charge is 0.342 e. The molecule has 1 saturated heterocycles. The van der Waals surface area contributed by atoms with E-state index in [1.165, 1.54) is 18.4 Å². The number of urea groups is 1. The topological polar surface area (TPSA) is 91.8 Å². The van der Waals surface area contributed by atoms with Crippen molar-refractivity contribution in [2.24, 2.45) is 0 Å². The molecule has 0 spiro atoms. The first-order chi connectivity index (χ1) is 12.1. The Morgan fingerprint density at radius 3 is 2.76 bits per heavy atom. The van der Waals surface area contributed by atoms with Gasteiger partial charge in [0.1, 0.15) is 0 Å². The lowest BCUT2D eigenvalue weighted by Crippen LogP contribution is -2.46. The normalized spacial score (nSPS) is 17.0. The molecular formula is C17H19N3O4S. The van der Waals surface area contributed by atoms with Crippen LogP contribution in [0.1, 0.15) is 17.7 Å². The molecule has 0 radical (unpaired) electrons. The van der Waals surface area contributed by atoms with Gasteiger partial charge in [-0.3, -0.25) is 4.90 Å². The number of ether oxygens (including phenoxy) is 1. The maximum atomic E-state index is 11.9. The van der Waals surface area contributed by atoms with Gasteiger partial charge < -0.3 is 15.2 Å². The maximum absolute atomic E-state index is 11.9. The van der Waals surface area contributed by atoms with Crippen molar-refractivity contribution in [3.05, 3.63) is 46.4 Å². The van der Waals surface area contributed by atoms with E-state index in [1.54, 1.807) is 15.8 Å². The highest BCUT2D eigenvalue weighted by molar-refractivity contribution is 7.07. The van der Waals surface area contributed by atoms with Crippen LogP contribution in [0.15, 0.2) is 35.2 Å². The predicted octanol–water partition coefficient (Wildman–Crippen LogP) is 2.23. The van der Waals surface area contributed by atoms with Gasteiger partial charge in [-0.25, -0.2) is 14.6 Å². The van der Waals surface area contributed by atoms with Crippen molar-refractivity contribution in [2.45, 2.75) is 18.4 Å². The summed E-state index contributed by atoms with van der Waals surface area (Å²) in [5.74, 6) is -1.08. The molecule has 25 heavy (non-hydrogen) atoms. The Hall–Kier alpha value is -2.45. The van der Waals surface area contributed by atoms with E-state index in [9.17, 15) is 14.7 Å². The number of carboxylic acid groups (broad SMARTS) is 1. The number of aromatic nitrogens is 1. The first-order valence-electron chi connectivity index (χ1n) is 7.88. The maximum Gasteiger partial charge on any atom is 0.342 e. The summed E-state index contributed by atoms with van der Waals surface area (Å²) in [5, 5.41) is 14.2. The third-order valence-corrected chi connectivity index (χ3v) is 4.91. The molecule has 0 bridgehead atoms. The van der Waals surface area contributed by atoms with E-state index in [1.807, 2.05) is 24.3 Å². The van der Waals surface area contributed by atoms with E-state index in [4.69, 9.17) is 4.74 Å². The lowest BCUT2D eigenvalue weighted by atomic mass is 9.91. The number of nitrogens with one attached hydrogen (secondary N) is 1. The average molecular weight is 361 g/mol. The van der Waals surface area contributed by atoms with Crippen molar-refractivity contribution in [1.29, 1.82) is 0 Å². The number of hydrogen-bond acceptors (Lipinski definition) is 5. The zero-order valence-electron chi connectivity index (χ0n) is 13.8. The van der Waals surface area contributed by atoms with Gasteiger partial charge in [-0.1, -0.05) is 12.1 Å². The van der Waals surface area contributed by atoms with Crippen LogP contribution in [0.2, 0.25) is 0 Å². The molecule has 1 unspecified atom stereocenters. The Bertz CT molecular complexity index is 748. The molecule has 1 atom stereocenters. The third-order valence-electron chi connectivity index (χ3n) is 4.32. The molecule has 2 N–H and O–H groups in total. The molecule has 1 aliphatic heterocycles. The van der Waals surface area contributed by atoms with Gasteiger partial charge in [0.15, 0.2) is 0 Å². The Labute approximate surface area is 149 Å². The number of nitrogens with zero attached hydrogens (tertiary/aromatic N) is 2. The fraction of sp³-hybridized carbons (Fsp3) is 0.353. The number of carboxylic acids is 1. The number of hydrogen-bond donors (Lipinski definition) is 2. The highest BCUT2D eigenvalue weighted by atomic mass is 32.1. The summed E-state index contributed by atoms with van der Waals surface area (Å²) in [5.41, 5.74) is 2.02. The van der Waals surface area contributed by atoms with Gasteiger partial charge in [-0.2, -0.15) is 0 Å². The minimum Gasteiger partial charge on any atom is -0.479 e. The fourth-order valence-corrected chi connectivity index (χ4v) is 3.52. The molecule has 2 heterocycles. The number of aliphatic carboxylic acids is 1. The number of carbonyl (C=O) groups excluding carboxylic acids is 1. The van der Waals surface area contributed by atoms with Gasteiger partial charge in [-0.15, -0.1) is 11.3 Å². The molecule has 2 aromatic rings. The van der Waals surface area contributed by atoms with Crippen molar-refractivity contribution in [3.63, 3.8) is 0 Å². The molecule has 1 fully saturated rings. The van der Waals surface area contributed by atoms with Crippen LogP contribution in [0.5, 0.6) is 0 Å². The van der Waals surface area contributed by atoms with Gasteiger partial charge in [0.2, 0.25) is 5.60 Å². The molecule has 1 aromatic carbocycles. The van der Waals surface area contributed by atoms with Crippen LogP contribution >= 0.6 is 11.3 Å². The molecule has 1 aliphatic rings. The highest BCUT2D eigenvalue weighted by Crippen LogP contribution is 2.30. The molecule has 0 saturated carbocycles. The molecule has 132 valence electrons. The van der Waals surface area contributed by atoms with Crippen molar-refractivity contribution in [2.75, 3.05) is 25.1 Å². The van der Waals surface area contributed by atoms with Crippen molar-refractivity contribution < 1.29 is 19.4 Å². The first kappa shape index (κ1) is 17.4. The monoisotopic (exact) mass is 361 g/mol. The van der Waals surface area contributed by atoms with Gasteiger partial charge >= 0.3 is 12.0 Å². The number of benzene rings is 1. The van der Waals surface area contributed by atoms with Crippen molar-refractivity contribution >= 4 is 29.0 Å². The molecule has 1 aromatic heterocycles. The highest BCUT2D eigenvalue weighted by Gasteiger charge is 2.42. The lowest BCUT2D eigenvalue weighted by molar-refractivity contribution is -0.164. The van der Waals surface area contributed by atoms with Crippen LogP contribution < -0.4 is 10.2 Å². The SMILES string of the molecule is COC(Cc1ccc(N2CCCNC2=O)cc1)(C(=O)O)c1cscn1. The third kappa shape index (κ3) is 3.35. The largest absolute Gasteiger partial charge is 0.479 e. The van der Waals surface area contributed by atoms with E-state index in [-0.39, 0.29) is 12.5 Å². The standard InChI is InChI=1S/C17H19N3O4S/c1-24-17(15(21)22,14-10-25-11-19-14)9-12-3-5-13(6-4-12)20-8-2-7-18-16(20)23/h3-6,10-11H,2,7-9H2,1H3,(H,18,23)(H,21,22). The average Bonchev–Trinajstić information content (AvgIpc) is 3.15. The van der Waals surface area contributed by atoms with Crippen molar-refractivity contribution in [3.8, 4) is 0 Å². The van der Waals surface area contributed by atoms with Crippen LogP contribution in [0, 0.1) is 0 Å². The van der Waals surface area contributed by atoms with Crippen LogP contribution in [-0.2, 0) is 21.6 Å². The second kappa shape index (κ2) is 7.20. The lowest BCUT2D eigenvalue weighted by Gasteiger charge is -2.28. The quantitative estimate of drug-likeness (QED) is 0.823. The van der Waals surface area contributed by atoms with Gasteiger partial charge in [0.05, 0.1) is 11.2 Å². The van der Waals surface area contributed by atoms with Gasteiger partial charge in [0.25, 0.3) is 0 Å². The fourth-order valence-electron chi connectivity index (χ4n) is 2.91. The van der Waals surface area contributed by atoms with Gasteiger partial charge in [-0.05, 0) is 24.1 Å². The van der Waals surface area contributed by atoms with E-state index in [2.05, 4.69) is 10.3 Å². The summed E-state index contributed by atoms with van der Waals surface area (Å²) in [6.07, 6.45) is 1.04. The summed E-state index contributed by atoms with van der Waals surface area (Å²) >= 11 is 1.33. The van der Waals surface area contributed by atoms with Crippen LogP contribution in [0.4, 0.5) is 10.5 Å². The first-order valence-corrected chi connectivity index (χ1v) is 8.82. The Kier molecular flexibility index (Phi) is 5.00. The molecule has 3 rings (SSSR count). The minimum absolute atomic E-state index is 0.113. The van der Waals surface area contributed by atoms with E-state index in [0.29, 0.717) is 18.8 Å². The number of carbonyl (C=O) groups is 2.